The van der Waals surface area contributed by atoms with Gasteiger partial charge in [-0.3, -0.25) is 4.98 Å². The molecule has 1 atom stereocenters. The second-order valence-corrected chi connectivity index (χ2v) is 5.05. The Labute approximate surface area is 98.3 Å². The molecule has 0 amide bonds. The molecule has 16 heavy (non-hydrogen) atoms. The van der Waals surface area contributed by atoms with Crippen molar-refractivity contribution in [1.82, 2.24) is 4.98 Å². The second-order valence-electron chi connectivity index (χ2n) is 5.05. The van der Waals surface area contributed by atoms with Crippen molar-refractivity contribution < 1.29 is 0 Å². The van der Waals surface area contributed by atoms with E-state index in [1.807, 2.05) is 6.92 Å². The van der Waals surface area contributed by atoms with Gasteiger partial charge in [0.1, 0.15) is 0 Å². The van der Waals surface area contributed by atoms with Crippen LogP contribution in [0, 0.1) is 19.8 Å². The van der Waals surface area contributed by atoms with E-state index in [1.165, 1.54) is 37.7 Å². The van der Waals surface area contributed by atoms with Crippen molar-refractivity contribution in [3.8, 4) is 0 Å². The van der Waals surface area contributed by atoms with Crippen LogP contribution in [-0.2, 0) is 0 Å². The van der Waals surface area contributed by atoms with E-state index in [1.54, 1.807) is 0 Å². The van der Waals surface area contributed by atoms with E-state index in [0.717, 1.165) is 11.4 Å². The first-order valence-corrected chi connectivity index (χ1v) is 6.38. The Morgan fingerprint density at radius 3 is 2.50 bits per heavy atom. The summed E-state index contributed by atoms with van der Waals surface area (Å²) in [6.07, 6.45) is 6.64. The van der Waals surface area contributed by atoms with Crippen molar-refractivity contribution in [2.45, 2.75) is 52.0 Å². The van der Waals surface area contributed by atoms with Crippen molar-refractivity contribution in [2.75, 3.05) is 0 Å². The predicted octanol–water partition coefficient (Wildman–Crippen LogP) is 3.28. The van der Waals surface area contributed by atoms with Gasteiger partial charge in [-0.25, -0.2) is 0 Å². The van der Waals surface area contributed by atoms with E-state index >= 15 is 0 Å². The molecule has 0 radical (unpaired) electrons. The molecule has 0 aliphatic heterocycles. The molecular formula is C14H22N2. The lowest BCUT2D eigenvalue weighted by molar-refractivity contribution is 0.307. The molecule has 1 heterocycles. The standard InChI is InChI=1S/C14H22N2/c1-10-8-9-13(11(2)16-10)14(15)12-6-4-3-5-7-12/h8-9,12,14H,3-7,15H2,1-2H3. The molecular weight excluding hydrogens is 196 g/mol. The lowest BCUT2D eigenvalue weighted by Crippen LogP contribution is -2.24. The Morgan fingerprint density at radius 1 is 1.19 bits per heavy atom. The summed E-state index contributed by atoms with van der Waals surface area (Å²) >= 11 is 0. The van der Waals surface area contributed by atoms with Crippen LogP contribution >= 0.6 is 0 Å². The Hall–Kier alpha value is -0.890. The van der Waals surface area contributed by atoms with E-state index in [4.69, 9.17) is 5.73 Å². The third-order valence-electron chi connectivity index (χ3n) is 3.78. The molecule has 0 saturated heterocycles. The van der Waals surface area contributed by atoms with Crippen LogP contribution in [0.3, 0.4) is 0 Å². The lowest BCUT2D eigenvalue weighted by atomic mass is 9.81. The Balaban J connectivity index is 2.15. The molecule has 1 saturated carbocycles. The van der Waals surface area contributed by atoms with Crippen LogP contribution in [0.15, 0.2) is 12.1 Å². The summed E-state index contributed by atoms with van der Waals surface area (Å²) in [6, 6.07) is 4.43. The van der Waals surface area contributed by atoms with Crippen molar-refractivity contribution in [3.05, 3.63) is 29.1 Å². The molecule has 1 aromatic rings. The number of hydrogen-bond acceptors (Lipinski definition) is 2. The molecule has 2 heteroatoms. The van der Waals surface area contributed by atoms with Gasteiger partial charge in [-0.15, -0.1) is 0 Å². The molecule has 1 fully saturated rings. The summed E-state index contributed by atoms with van der Waals surface area (Å²) in [5.74, 6) is 0.664. The minimum atomic E-state index is 0.188. The number of nitrogens with zero attached hydrogens (tertiary/aromatic N) is 1. The van der Waals surface area contributed by atoms with Gasteiger partial charge in [-0.1, -0.05) is 25.3 Å². The molecule has 2 rings (SSSR count). The second kappa shape index (κ2) is 4.96. The van der Waals surface area contributed by atoms with E-state index < -0.39 is 0 Å². The Morgan fingerprint density at radius 2 is 1.88 bits per heavy atom. The zero-order valence-corrected chi connectivity index (χ0v) is 10.4. The smallest absolute Gasteiger partial charge is 0.0423 e. The van der Waals surface area contributed by atoms with E-state index in [2.05, 4.69) is 24.0 Å². The largest absolute Gasteiger partial charge is 0.324 e. The number of pyridine rings is 1. The van der Waals surface area contributed by atoms with Crippen LogP contribution in [0.4, 0.5) is 0 Å². The minimum absolute atomic E-state index is 0.188. The molecule has 88 valence electrons. The van der Waals surface area contributed by atoms with E-state index in [-0.39, 0.29) is 6.04 Å². The molecule has 1 aliphatic rings. The quantitative estimate of drug-likeness (QED) is 0.827. The fraction of sp³-hybridized carbons (Fsp3) is 0.643. The summed E-state index contributed by atoms with van der Waals surface area (Å²) in [4.78, 5) is 4.51. The highest BCUT2D eigenvalue weighted by atomic mass is 14.7. The van der Waals surface area contributed by atoms with E-state index in [0.29, 0.717) is 5.92 Å². The first-order chi connectivity index (χ1) is 7.68. The van der Waals surface area contributed by atoms with Crippen LogP contribution in [-0.4, -0.2) is 4.98 Å². The van der Waals surface area contributed by atoms with Gasteiger partial charge in [0.25, 0.3) is 0 Å². The van der Waals surface area contributed by atoms with Crippen LogP contribution < -0.4 is 5.73 Å². The Kier molecular flexibility index (Phi) is 3.59. The highest BCUT2D eigenvalue weighted by Crippen LogP contribution is 2.33. The summed E-state index contributed by atoms with van der Waals surface area (Å²) in [7, 11) is 0. The van der Waals surface area contributed by atoms with Crippen LogP contribution in [0.25, 0.3) is 0 Å². The van der Waals surface area contributed by atoms with Gasteiger partial charge in [-0.05, 0) is 44.2 Å². The normalized spacial score (nSPS) is 19.7. The molecule has 0 aromatic carbocycles. The van der Waals surface area contributed by atoms with Gasteiger partial charge in [0.05, 0.1) is 0 Å². The minimum Gasteiger partial charge on any atom is -0.324 e. The van der Waals surface area contributed by atoms with Gasteiger partial charge < -0.3 is 5.73 Å². The average molecular weight is 218 g/mol. The van der Waals surface area contributed by atoms with Gasteiger partial charge in [0, 0.05) is 17.4 Å². The average Bonchev–Trinajstić information content (AvgIpc) is 2.29. The number of aryl methyl sites for hydroxylation is 2. The molecule has 1 aromatic heterocycles. The SMILES string of the molecule is Cc1ccc(C(N)C2CCCCC2)c(C)n1. The molecule has 0 bridgehead atoms. The van der Waals surface area contributed by atoms with Crippen molar-refractivity contribution in [2.24, 2.45) is 11.7 Å². The molecule has 1 unspecified atom stereocenters. The fourth-order valence-corrected chi connectivity index (χ4v) is 2.80. The van der Waals surface area contributed by atoms with Crippen molar-refractivity contribution >= 4 is 0 Å². The summed E-state index contributed by atoms with van der Waals surface area (Å²) in [5.41, 5.74) is 9.82. The third kappa shape index (κ3) is 2.43. The van der Waals surface area contributed by atoms with Gasteiger partial charge in [0.15, 0.2) is 0 Å². The molecule has 0 spiro atoms. The monoisotopic (exact) mass is 218 g/mol. The zero-order valence-electron chi connectivity index (χ0n) is 10.4. The maximum absolute atomic E-state index is 6.38. The van der Waals surface area contributed by atoms with E-state index in [9.17, 15) is 0 Å². The summed E-state index contributed by atoms with van der Waals surface area (Å²) < 4.78 is 0. The van der Waals surface area contributed by atoms with Crippen molar-refractivity contribution in [3.63, 3.8) is 0 Å². The first-order valence-electron chi connectivity index (χ1n) is 6.38. The lowest BCUT2D eigenvalue weighted by Gasteiger charge is -2.28. The maximum atomic E-state index is 6.38. The van der Waals surface area contributed by atoms with Gasteiger partial charge in [-0.2, -0.15) is 0 Å². The summed E-state index contributed by atoms with van der Waals surface area (Å²) in [6.45, 7) is 4.11. The highest BCUT2D eigenvalue weighted by molar-refractivity contribution is 5.25. The molecule has 2 N–H and O–H groups in total. The number of rotatable bonds is 2. The van der Waals surface area contributed by atoms with Gasteiger partial charge in [0.2, 0.25) is 0 Å². The zero-order chi connectivity index (χ0) is 11.5. The maximum Gasteiger partial charge on any atom is 0.0423 e. The highest BCUT2D eigenvalue weighted by Gasteiger charge is 2.23. The molecule has 2 nitrogen and oxygen atoms in total. The van der Waals surface area contributed by atoms with Crippen LogP contribution in [0.2, 0.25) is 0 Å². The summed E-state index contributed by atoms with van der Waals surface area (Å²) in [5, 5.41) is 0. The third-order valence-corrected chi connectivity index (χ3v) is 3.78. The topological polar surface area (TPSA) is 38.9 Å². The van der Waals surface area contributed by atoms with Crippen LogP contribution in [0.5, 0.6) is 0 Å². The molecule has 1 aliphatic carbocycles. The number of nitrogens with two attached hydrogens (primary N) is 1. The Bertz CT molecular complexity index is 354. The van der Waals surface area contributed by atoms with Gasteiger partial charge >= 0.3 is 0 Å². The first kappa shape index (κ1) is 11.6. The number of hydrogen-bond donors (Lipinski definition) is 1. The number of aromatic nitrogens is 1. The fourth-order valence-electron chi connectivity index (χ4n) is 2.80. The predicted molar refractivity (Wildman–Crippen MR) is 67.2 cm³/mol. The van der Waals surface area contributed by atoms with Crippen LogP contribution in [0.1, 0.15) is 55.1 Å². The van der Waals surface area contributed by atoms with Crippen molar-refractivity contribution in [1.29, 1.82) is 0 Å².